The fraction of sp³-hybridized carbons (Fsp3) is 0.211. The Kier molecular flexibility index (Phi) is 4.79. The predicted octanol–water partition coefficient (Wildman–Crippen LogP) is 2.06. The Morgan fingerprint density at radius 1 is 1.08 bits per heavy atom. The second kappa shape index (κ2) is 7.17. The fourth-order valence-electron chi connectivity index (χ4n) is 2.97. The third-order valence-electron chi connectivity index (χ3n) is 4.21. The van der Waals surface area contributed by atoms with E-state index in [9.17, 15) is 9.59 Å². The van der Waals surface area contributed by atoms with Crippen LogP contribution in [0.15, 0.2) is 59.8 Å². The van der Waals surface area contributed by atoms with Gasteiger partial charge in [0, 0.05) is 12.0 Å². The second-order valence-corrected chi connectivity index (χ2v) is 5.84. The number of benzene rings is 2. The number of oxime groups is 1. The maximum atomic E-state index is 12.8. The molecular formula is C19H19N3O3. The highest BCUT2D eigenvalue weighted by molar-refractivity contribution is 6.05. The molecule has 1 heterocycles. The summed E-state index contributed by atoms with van der Waals surface area (Å²) >= 11 is 0. The lowest BCUT2D eigenvalue weighted by Gasteiger charge is -2.21. The zero-order valence-corrected chi connectivity index (χ0v) is 13.9. The zero-order chi connectivity index (χ0) is 17.8. The number of carbonyl (C=O) groups excluding carboxylic acids is 2. The van der Waals surface area contributed by atoms with Crippen molar-refractivity contribution in [2.24, 2.45) is 10.9 Å². The minimum atomic E-state index is -0.699. The number of carbonyl (C=O) groups is 2. The van der Waals surface area contributed by atoms with Gasteiger partial charge in [-0.25, -0.2) is 0 Å². The molecule has 2 N–H and O–H groups in total. The molecule has 2 amide bonds. The van der Waals surface area contributed by atoms with Crippen LogP contribution in [0.1, 0.15) is 16.8 Å². The van der Waals surface area contributed by atoms with Crippen LogP contribution in [0.3, 0.4) is 0 Å². The summed E-state index contributed by atoms with van der Waals surface area (Å²) in [6, 6.07) is 16.5. The molecule has 2 aromatic rings. The van der Waals surface area contributed by atoms with Gasteiger partial charge in [-0.15, -0.1) is 0 Å². The highest BCUT2D eigenvalue weighted by Gasteiger charge is 2.37. The molecule has 1 atom stereocenters. The van der Waals surface area contributed by atoms with Crippen molar-refractivity contribution >= 4 is 17.5 Å². The molecule has 0 aromatic heterocycles. The van der Waals surface area contributed by atoms with E-state index in [4.69, 9.17) is 10.6 Å². The van der Waals surface area contributed by atoms with Crippen molar-refractivity contribution in [1.82, 2.24) is 4.90 Å². The second-order valence-electron chi connectivity index (χ2n) is 5.84. The lowest BCUT2D eigenvalue weighted by molar-refractivity contribution is -0.121. The van der Waals surface area contributed by atoms with Crippen LogP contribution in [-0.2, 0) is 9.63 Å². The van der Waals surface area contributed by atoms with Gasteiger partial charge in [-0.2, -0.15) is 0 Å². The minimum absolute atomic E-state index is 0.237. The van der Waals surface area contributed by atoms with Crippen LogP contribution >= 0.6 is 0 Å². The van der Waals surface area contributed by atoms with Crippen molar-refractivity contribution < 1.29 is 14.4 Å². The lowest BCUT2D eigenvalue weighted by atomic mass is 10.0. The molecule has 1 saturated heterocycles. The SMILES string of the molecule is CO/N=C1/C[C@@H](C(N)=O)N(C(=O)c2ccc(-c3ccccc3)cc2)C1. The molecule has 128 valence electrons. The Bertz CT molecular complexity index is 800. The van der Waals surface area contributed by atoms with Crippen LogP contribution in [0, 0.1) is 0 Å². The molecule has 3 rings (SSSR count). The number of hydrogen-bond acceptors (Lipinski definition) is 4. The van der Waals surface area contributed by atoms with Crippen LogP contribution in [0.25, 0.3) is 11.1 Å². The van der Waals surface area contributed by atoms with Crippen molar-refractivity contribution in [3.8, 4) is 11.1 Å². The molecule has 0 saturated carbocycles. The molecule has 0 radical (unpaired) electrons. The molecule has 6 heteroatoms. The van der Waals surface area contributed by atoms with Crippen LogP contribution in [0.2, 0.25) is 0 Å². The van der Waals surface area contributed by atoms with E-state index >= 15 is 0 Å². The number of likely N-dealkylation sites (tertiary alicyclic amines) is 1. The molecule has 6 nitrogen and oxygen atoms in total. The van der Waals surface area contributed by atoms with Gasteiger partial charge in [0.05, 0.1) is 12.3 Å². The monoisotopic (exact) mass is 337 g/mol. The molecular weight excluding hydrogens is 318 g/mol. The maximum Gasteiger partial charge on any atom is 0.254 e. The molecule has 1 aliphatic heterocycles. The normalized spacial score (nSPS) is 18.4. The smallest absolute Gasteiger partial charge is 0.254 e. The number of amides is 2. The first-order chi connectivity index (χ1) is 12.1. The average molecular weight is 337 g/mol. The van der Waals surface area contributed by atoms with Crippen molar-refractivity contribution in [3.05, 3.63) is 60.2 Å². The number of hydrogen-bond donors (Lipinski definition) is 1. The van der Waals surface area contributed by atoms with Crippen molar-refractivity contribution in [3.63, 3.8) is 0 Å². The summed E-state index contributed by atoms with van der Waals surface area (Å²) in [5.41, 5.74) is 8.66. The summed E-state index contributed by atoms with van der Waals surface area (Å²) in [5, 5.41) is 3.85. The number of nitrogens with zero attached hydrogens (tertiary/aromatic N) is 2. The molecule has 1 aliphatic rings. The van der Waals surface area contributed by atoms with E-state index in [1.54, 1.807) is 12.1 Å². The van der Waals surface area contributed by atoms with E-state index < -0.39 is 11.9 Å². The van der Waals surface area contributed by atoms with Gasteiger partial charge in [0.1, 0.15) is 13.2 Å². The first-order valence-electron chi connectivity index (χ1n) is 7.95. The van der Waals surface area contributed by atoms with Crippen LogP contribution in [-0.4, -0.2) is 42.1 Å². The Hall–Kier alpha value is -3.15. The molecule has 1 fully saturated rings. The molecule has 25 heavy (non-hydrogen) atoms. The zero-order valence-electron chi connectivity index (χ0n) is 13.9. The van der Waals surface area contributed by atoms with Gasteiger partial charge in [0.15, 0.2) is 0 Å². The molecule has 0 aliphatic carbocycles. The van der Waals surface area contributed by atoms with E-state index in [0.717, 1.165) is 11.1 Å². The minimum Gasteiger partial charge on any atom is -0.399 e. The van der Waals surface area contributed by atoms with E-state index in [0.29, 0.717) is 17.7 Å². The summed E-state index contributed by atoms with van der Waals surface area (Å²) in [6.07, 6.45) is 0.303. The Morgan fingerprint density at radius 2 is 1.72 bits per heavy atom. The van der Waals surface area contributed by atoms with Gasteiger partial charge in [0.25, 0.3) is 5.91 Å². The molecule has 0 unspecified atom stereocenters. The average Bonchev–Trinajstić information content (AvgIpc) is 3.07. The quantitative estimate of drug-likeness (QED) is 0.867. The van der Waals surface area contributed by atoms with Crippen LogP contribution in [0.4, 0.5) is 0 Å². The lowest BCUT2D eigenvalue weighted by Crippen LogP contribution is -2.43. The predicted molar refractivity (Wildman–Crippen MR) is 95.0 cm³/mol. The first kappa shape index (κ1) is 16.7. The molecule has 0 spiro atoms. The van der Waals surface area contributed by atoms with Gasteiger partial charge >= 0.3 is 0 Å². The highest BCUT2D eigenvalue weighted by atomic mass is 16.6. The molecule has 0 bridgehead atoms. The number of primary amides is 1. The van der Waals surface area contributed by atoms with Gasteiger partial charge in [-0.05, 0) is 23.3 Å². The standard InChI is InChI=1S/C19H19N3O3/c1-25-21-16-11-17(18(20)23)22(12-16)19(24)15-9-7-14(8-10-15)13-5-3-2-4-6-13/h2-10,17H,11-12H2,1H3,(H2,20,23)/b21-16-/t17-/m0/s1. The Morgan fingerprint density at radius 3 is 2.32 bits per heavy atom. The first-order valence-corrected chi connectivity index (χ1v) is 7.95. The van der Waals surface area contributed by atoms with Crippen molar-refractivity contribution in [2.45, 2.75) is 12.5 Å². The molecule has 2 aromatic carbocycles. The summed E-state index contributed by atoms with van der Waals surface area (Å²) in [5.74, 6) is -0.791. The van der Waals surface area contributed by atoms with Gasteiger partial charge in [0.2, 0.25) is 5.91 Å². The third-order valence-corrected chi connectivity index (χ3v) is 4.21. The largest absolute Gasteiger partial charge is 0.399 e. The summed E-state index contributed by atoms with van der Waals surface area (Å²) in [4.78, 5) is 30.6. The van der Waals surface area contributed by atoms with Gasteiger partial charge in [-0.3, -0.25) is 9.59 Å². The van der Waals surface area contributed by atoms with Crippen molar-refractivity contribution in [1.29, 1.82) is 0 Å². The summed E-state index contributed by atoms with van der Waals surface area (Å²) < 4.78 is 0. The third kappa shape index (κ3) is 3.52. The topological polar surface area (TPSA) is 85.0 Å². The van der Waals surface area contributed by atoms with E-state index in [-0.39, 0.29) is 12.5 Å². The van der Waals surface area contributed by atoms with Crippen molar-refractivity contribution in [2.75, 3.05) is 13.7 Å². The van der Waals surface area contributed by atoms with E-state index in [2.05, 4.69) is 5.16 Å². The van der Waals surface area contributed by atoms with Gasteiger partial charge < -0.3 is 15.5 Å². The van der Waals surface area contributed by atoms with Crippen LogP contribution < -0.4 is 5.73 Å². The fourth-order valence-corrected chi connectivity index (χ4v) is 2.97. The van der Waals surface area contributed by atoms with E-state index in [1.807, 2.05) is 42.5 Å². The number of nitrogens with two attached hydrogens (primary N) is 1. The highest BCUT2D eigenvalue weighted by Crippen LogP contribution is 2.22. The van der Waals surface area contributed by atoms with Crippen LogP contribution in [0.5, 0.6) is 0 Å². The van der Waals surface area contributed by atoms with Gasteiger partial charge in [-0.1, -0.05) is 47.6 Å². The number of rotatable bonds is 4. The Balaban J connectivity index is 1.82. The maximum absolute atomic E-state index is 12.8. The summed E-state index contributed by atoms with van der Waals surface area (Å²) in [6.45, 7) is 0.237. The van der Waals surface area contributed by atoms with E-state index in [1.165, 1.54) is 12.0 Å². The summed E-state index contributed by atoms with van der Waals surface area (Å²) in [7, 11) is 1.43. The Labute approximate surface area is 145 Å².